The number of likely N-dealkylation sites (tertiary alicyclic amines) is 4. The van der Waals surface area contributed by atoms with Crippen molar-refractivity contribution in [3.05, 3.63) is 58.1 Å². The first-order chi connectivity index (χ1) is 28.0. The Morgan fingerprint density at radius 1 is 0.879 bits per heavy atom. The molecule has 7 rings (SSSR count). The third-order valence-corrected chi connectivity index (χ3v) is 13.1. The van der Waals surface area contributed by atoms with Gasteiger partial charge in [-0.1, -0.05) is 35.9 Å². The van der Waals surface area contributed by atoms with Crippen LogP contribution in [0.4, 0.5) is 15.3 Å². The number of fused-ring (bicyclic) bond motifs is 1. The number of para-hydroxylation sites is 1. The number of benzene rings is 2. The number of hydrogen-bond acceptors (Lipinski definition) is 9. The summed E-state index contributed by atoms with van der Waals surface area (Å²) in [6.07, 6.45) is 5.52. The molecule has 58 heavy (non-hydrogen) atoms. The largest absolute Gasteiger partial charge is 0.506 e. The zero-order chi connectivity index (χ0) is 40.8. The van der Waals surface area contributed by atoms with Crippen molar-refractivity contribution in [3.63, 3.8) is 0 Å². The lowest BCUT2D eigenvalue weighted by atomic mass is 9.78. The number of rotatable bonds is 11. The first-order valence-corrected chi connectivity index (χ1v) is 21.4. The van der Waals surface area contributed by atoms with Crippen LogP contribution in [0.1, 0.15) is 68.1 Å². The molecule has 4 saturated heterocycles. The molecular formula is C43H57ClN6O8. The number of phenols is 1. The monoisotopic (exact) mass is 820 g/mol. The summed E-state index contributed by atoms with van der Waals surface area (Å²) in [6.45, 7) is 7.56. The molecule has 2 N–H and O–H groups in total. The van der Waals surface area contributed by atoms with Gasteiger partial charge in [0.25, 0.3) is 5.91 Å². The van der Waals surface area contributed by atoms with Gasteiger partial charge in [-0.2, -0.15) is 0 Å². The van der Waals surface area contributed by atoms with Crippen molar-refractivity contribution in [1.82, 2.24) is 24.5 Å². The van der Waals surface area contributed by atoms with E-state index in [2.05, 4.69) is 10.2 Å². The van der Waals surface area contributed by atoms with E-state index in [1.807, 2.05) is 34.1 Å². The van der Waals surface area contributed by atoms with Gasteiger partial charge < -0.3 is 39.5 Å². The fourth-order valence-electron chi connectivity index (χ4n) is 9.43. The standard InChI is InChI=1S/C43H57ClN6O8/c1-29-25-30(26-35(44)40(29)53)27-37(58-43(56)49-20-13-34(14-21-49)50-22-12-33-5-2-3-6-36(33)45-42(50)55)41(54)48-18-10-32(11-19-48)31-8-16-46(17-9-31)28-39(52)57-24-23-47-15-4-7-38(47)51/h2-3,5-6,25-26,31-32,34,37,53H,4,7-24,27-28H2,1H3,(H,45,55)/t37-/m1/s1. The highest BCUT2D eigenvalue weighted by Gasteiger charge is 2.37. The Kier molecular flexibility index (Phi) is 13.6. The number of amides is 5. The van der Waals surface area contributed by atoms with E-state index in [4.69, 9.17) is 21.1 Å². The second-order valence-electron chi connectivity index (χ2n) is 16.5. The molecule has 0 radical (unpaired) electrons. The smallest absolute Gasteiger partial charge is 0.410 e. The van der Waals surface area contributed by atoms with Crippen LogP contribution in [0.25, 0.3) is 0 Å². The Hall–Kier alpha value is -4.56. The predicted octanol–water partition coefficient (Wildman–Crippen LogP) is 5.07. The number of carbonyl (C=O) groups is 5. The van der Waals surface area contributed by atoms with Crippen LogP contribution in [0.2, 0.25) is 5.02 Å². The molecule has 5 aliphatic rings. The van der Waals surface area contributed by atoms with Crippen molar-refractivity contribution in [3.8, 4) is 5.75 Å². The van der Waals surface area contributed by atoms with Gasteiger partial charge in [0, 0.05) is 63.8 Å². The molecule has 5 heterocycles. The Bertz CT molecular complexity index is 1800. The quantitative estimate of drug-likeness (QED) is 0.296. The number of nitrogens with one attached hydrogen (secondary N) is 1. The number of ether oxygens (including phenoxy) is 2. The maximum atomic E-state index is 14.2. The summed E-state index contributed by atoms with van der Waals surface area (Å²) in [7, 11) is 0. The molecule has 2 aromatic carbocycles. The van der Waals surface area contributed by atoms with E-state index >= 15 is 0 Å². The number of anilines is 1. The predicted molar refractivity (Wildman–Crippen MR) is 218 cm³/mol. The molecule has 15 heteroatoms. The Labute approximate surface area is 345 Å². The minimum atomic E-state index is -1.07. The number of nitrogens with zero attached hydrogens (tertiary/aromatic N) is 5. The molecule has 314 valence electrons. The highest BCUT2D eigenvalue weighted by Crippen LogP contribution is 2.34. The van der Waals surface area contributed by atoms with E-state index in [0.717, 1.165) is 69.4 Å². The normalized spacial score (nSPS) is 20.7. The zero-order valence-corrected chi connectivity index (χ0v) is 34.3. The van der Waals surface area contributed by atoms with E-state index < -0.39 is 12.2 Å². The fraction of sp³-hybridized carbons (Fsp3) is 0.605. The maximum absolute atomic E-state index is 14.2. The Morgan fingerprint density at radius 2 is 1.57 bits per heavy atom. The molecule has 0 spiro atoms. The molecule has 0 saturated carbocycles. The molecule has 1 atom stereocenters. The van der Waals surface area contributed by atoms with Gasteiger partial charge in [-0.25, -0.2) is 9.59 Å². The van der Waals surface area contributed by atoms with Gasteiger partial charge in [0.1, 0.15) is 12.4 Å². The molecule has 5 aliphatic heterocycles. The number of aryl methyl sites for hydroxylation is 1. The Balaban J connectivity index is 0.895. The zero-order valence-electron chi connectivity index (χ0n) is 33.5. The van der Waals surface area contributed by atoms with E-state index in [1.54, 1.807) is 28.9 Å². The van der Waals surface area contributed by atoms with E-state index in [1.165, 1.54) is 0 Å². The fourth-order valence-corrected chi connectivity index (χ4v) is 9.72. The van der Waals surface area contributed by atoms with Crippen molar-refractivity contribution >= 4 is 47.2 Å². The third-order valence-electron chi connectivity index (χ3n) is 12.9. The van der Waals surface area contributed by atoms with Crippen molar-refractivity contribution in [2.24, 2.45) is 11.8 Å². The van der Waals surface area contributed by atoms with Crippen molar-refractivity contribution in [2.45, 2.75) is 83.3 Å². The summed E-state index contributed by atoms with van der Waals surface area (Å²) in [5.74, 6) is 0.566. The number of urea groups is 1. The lowest BCUT2D eigenvalue weighted by Gasteiger charge is -2.41. The summed E-state index contributed by atoms with van der Waals surface area (Å²) < 4.78 is 11.5. The van der Waals surface area contributed by atoms with Crippen LogP contribution in [-0.2, 0) is 36.7 Å². The van der Waals surface area contributed by atoms with Crippen molar-refractivity contribution in [1.29, 1.82) is 0 Å². The van der Waals surface area contributed by atoms with Gasteiger partial charge in [0.15, 0.2) is 6.10 Å². The van der Waals surface area contributed by atoms with Crippen molar-refractivity contribution < 1.29 is 38.6 Å². The van der Waals surface area contributed by atoms with Gasteiger partial charge in [0.05, 0.1) is 18.1 Å². The van der Waals surface area contributed by atoms with E-state index in [9.17, 15) is 29.1 Å². The van der Waals surface area contributed by atoms with Crippen LogP contribution >= 0.6 is 11.6 Å². The van der Waals surface area contributed by atoms with Crippen LogP contribution in [0.15, 0.2) is 36.4 Å². The average molecular weight is 821 g/mol. The van der Waals surface area contributed by atoms with Crippen LogP contribution < -0.4 is 5.32 Å². The van der Waals surface area contributed by atoms with Gasteiger partial charge >= 0.3 is 18.1 Å². The molecule has 0 unspecified atom stereocenters. The van der Waals surface area contributed by atoms with Crippen molar-refractivity contribution in [2.75, 3.05) is 77.4 Å². The lowest BCUT2D eigenvalue weighted by molar-refractivity contribution is -0.147. The summed E-state index contributed by atoms with van der Waals surface area (Å²) >= 11 is 6.32. The van der Waals surface area contributed by atoms with Gasteiger partial charge in [-0.3, -0.25) is 19.3 Å². The Morgan fingerprint density at radius 3 is 2.26 bits per heavy atom. The summed E-state index contributed by atoms with van der Waals surface area (Å²) in [5.41, 5.74) is 3.20. The minimum absolute atomic E-state index is 0.0189. The van der Waals surface area contributed by atoms with E-state index in [-0.39, 0.29) is 60.2 Å². The molecule has 5 amide bonds. The van der Waals surface area contributed by atoms with Gasteiger partial charge in [-0.05, 0) is 112 Å². The van der Waals surface area contributed by atoms with E-state index in [0.29, 0.717) is 81.5 Å². The highest BCUT2D eigenvalue weighted by atomic mass is 35.5. The maximum Gasteiger partial charge on any atom is 0.410 e. The van der Waals surface area contributed by atoms with Crippen LogP contribution in [0.3, 0.4) is 0 Å². The molecule has 0 bridgehead atoms. The lowest BCUT2D eigenvalue weighted by Crippen LogP contribution is -2.52. The second-order valence-corrected chi connectivity index (χ2v) is 17.0. The number of hydrogen-bond donors (Lipinski definition) is 2. The first-order valence-electron chi connectivity index (χ1n) is 21.1. The summed E-state index contributed by atoms with van der Waals surface area (Å²) in [4.78, 5) is 74.6. The molecule has 4 fully saturated rings. The topological polar surface area (TPSA) is 152 Å². The molecule has 2 aromatic rings. The number of carbonyl (C=O) groups excluding carboxylic acids is 5. The number of esters is 1. The number of piperidine rings is 3. The molecular weight excluding hydrogens is 764 g/mol. The number of halogens is 1. The SMILES string of the molecule is Cc1cc(C[C@@H](OC(=O)N2CCC(N3CCc4ccccc4NC3=O)CC2)C(=O)N2CCC(C3CCN(CC(=O)OCCN4CCCC4=O)CC3)CC2)cc(Cl)c1O. The number of phenolic OH excluding ortho intramolecular Hbond substituents is 1. The second kappa shape index (κ2) is 19.0. The highest BCUT2D eigenvalue weighted by molar-refractivity contribution is 6.32. The number of aromatic hydroxyl groups is 1. The van der Waals surface area contributed by atoms with Gasteiger partial charge in [-0.15, -0.1) is 0 Å². The minimum Gasteiger partial charge on any atom is -0.506 e. The summed E-state index contributed by atoms with van der Waals surface area (Å²) in [6, 6.07) is 11.1. The van der Waals surface area contributed by atoms with Crippen LogP contribution in [0, 0.1) is 18.8 Å². The molecule has 0 aliphatic carbocycles. The first kappa shape index (κ1) is 41.6. The third kappa shape index (κ3) is 10.2. The molecule has 0 aromatic heterocycles. The summed E-state index contributed by atoms with van der Waals surface area (Å²) in [5, 5.41) is 13.5. The molecule has 14 nitrogen and oxygen atoms in total. The van der Waals surface area contributed by atoms with Gasteiger partial charge in [0.2, 0.25) is 5.91 Å². The van der Waals surface area contributed by atoms with Crippen LogP contribution in [-0.4, -0.2) is 144 Å². The average Bonchev–Trinajstić information content (AvgIpc) is 3.55. The van der Waals surface area contributed by atoms with Crippen LogP contribution in [0.5, 0.6) is 5.75 Å².